The highest BCUT2D eigenvalue weighted by molar-refractivity contribution is 9.10. The van der Waals surface area contributed by atoms with Gasteiger partial charge in [0.25, 0.3) is 0 Å². The number of nitrogens with zero attached hydrogens (tertiary/aromatic N) is 5. The number of hydrogen-bond acceptors (Lipinski definition) is 4. The highest BCUT2D eigenvalue weighted by Gasteiger charge is 2.18. The Bertz CT molecular complexity index is 983. The van der Waals surface area contributed by atoms with Crippen molar-refractivity contribution in [2.24, 2.45) is 0 Å². The van der Waals surface area contributed by atoms with Crippen LogP contribution in [0.5, 0.6) is 0 Å². The molecule has 0 aliphatic carbocycles. The predicted molar refractivity (Wildman–Crippen MR) is 117 cm³/mol. The molecule has 0 saturated carbocycles. The van der Waals surface area contributed by atoms with Crippen LogP contribution in [0.2, 0.25) is 0 Å². The van der Waals surface area contributed by atoms with Gasteiger partial charge in [0.05, 0.1) is 11.7 Å². The maximum absolute atomic E-state index is 12.4. The van der Waals surface area contributed by atoms with E-state index in [4.69, 9.17) is 0 Å². The van der Waals surface area contributed by atoms with Gasteiger partial charge in [-0.25, -0.2) is 14.0 Å². The first kappa shape index (κ1) is 18.8. The minimum absolute atomic E-state index is 0.0510. The van der Waals surface area contributed by atoms with Crippen molar-refractivity contribution in [1.29, 1.82) is 0 Å². The third-order valence-corrected chi connectivity index (χ3v) is 5.68. The molecule has 0 radical (unpaired) electrons. The summed E-state index contributed by atoms with van der Waals surface area (Å²) in [7, 11) is 0. The van der Waals surface area contributed by atoms with Gasteiger partial charge in [-0.2, -0.15) is 5.10 Å². The molecular weight excluding hydrogens is 418 g/mol. The second-order valence-corrected chi connectivity index (χ2v) is 8.20. The number of halogens is 1. The second-order valence-electron chi connectivity index (χ2n) is 7.29. The third-order valence-electron chi connectivity index (χ3n) is 5.15. The Balaban J connectivity index is 1.44. The Hall–Kier alpha value is -2.54. The largest absolute Gasteiger partial charge is 0.368 e. The summed E-state index contributed by atoms with van der Waals surface area (Å²) in [5.41, 5.74) is 3.18. The summed E-state index contributed by atoms with van der Waals surface area (Å²) >= 11 is 3.49. The molecule has 0 N–H and O–H groups in total. The lowest BCUT2D eigenvalue weighted by Gasteiger charge is -2.37. The van der Waals surface area contributed by atoms with Gasteiger partial charge in [0, 0.05) is 42.0 Å². The molecule has 0 spiro atoms. The fraction of sp³-hybridized carbons (Fsp3) is 0.333. The molecule has 1 saturated heterocycles. The normalized spacial score (nSPS) is 14.7. The van der Waals surface area contributed by atoms with Gasteiger partial charge >= 0.3 is 5.69 Å². The minimum Gasteiger partial charge on any atom is -0.368 e. The molecule has 4 rings (SSSR count). The van der Waals surface area contributed by atoms with Gasteiger partial charge < -0.3 is 9.80 Å². The van der Waals surface area contributed by atoms with E-state index >= 15 is 0 Å². The van der Waals surface area contributed by atoms with Crippen LogP contribution < -0.4 is 15.5 Å². The smallest absolute Gasteiger partial charge is 0.350 e. The van der Waals surface area contributed by atoms with Crippen LogP contribution in [0.3, 0.4) is 0 Å². The Kier molecular flexibility index (Phi) is 5.26. The highest BCUT2D eigenvalue weighted by Crippen LogP contribution is 2.23. The molecule has 1 aromatic heterocycles. The first-order chi connectivity index (χ1) is 13.5. The van der Waals surface area contributed by atoms with Crippen LogP contribution >= 0.6 is 15.9 Å². The molecule has 146 valence electrons. The molecule has 0 bridgehead atoms. The molecule has 28 heavy (non-hydrogen) atoms. The predicted octanol–water partition coefficient (Wildman–Crippen LogP) is 3.70. The molecule has 7 heteroatoms. The molecule has 6 nitrogen and oxygen atoms in total. The molecule has 1 aliphatic rings. The van der Waals surface area contributed by atoms with E-state index in [1.165, 1.54) is 16.1 Å². The molecule has 0 atom stereocenters. The zero-order chi connectivity index (χ0) is 19.7. The summed E-state index contributed by atoms with van der Waals surface area (Å²) < 4.78 is 4.19. The van der Waals surface area contributed by atoms with Crippen molar-refractivity contribution in [3.8, 4) is 5.69 Å². The summed E-state index contributed by atoms with van der Waals surface area (Å²) in [6.07, 6.45) is 1.59. The topological polar surface area (TPSA) is 46.3 Å². The number of anilines is 2. The summed E-state index contributed by atoms with van der Waals surface area (Å²) in [5, 5.41) is 4.19. The monoisotopic (exact) mass is 441 g/mol. The summed E-state index contributed by atoms with van der Waals surface area (Å²) in [5.74, 6) is 0. The lowest BCUT2D eigenvalue weighted by atomic mass is 10.2. The van der Waals surface area contributed by atoms with Crippen molar-refractivity contribution in [3.05, 3.63) is 69.8 Å². The SMILES string of the molecule is CC(C)n1ncn(-c2ccc(N3CCN(c4ccc(Br)cc4)CC3)cc2)c1=O. The Morgan fingerprint density at radius 2 is 1.29 bits per heavy atom. The molecule has 0 amide bonds. The van der Waals surface area contributed by atoms with E-state index in [9.17, 15) is 4.79 Å². The van der Waals surface area contributed by atoms with Gasteiger partial charge in [0.2, 0.25) is 0 Å². The van der Waals surface area contributed by atoms with E-state index < -0.39 is 0 Å². The fourth-order valence-electron chi connectivity index (χ4n) is 3.55. The summed E-state index contributed by atoms with van der Waals surface area (Å²) in [6.45, 7) is 7.83. The number of aromatic nitrogens is 3. The van der Waals surface area contributed by atoms with Gasteiger partial charge in [-0.3, -0.25) is 0 Å². The first-order valence-corrected chi connectivity index (χ1v) is 10.3. The van der Waals surface area contributed by atoms with Gasteiger partial charge in [-0.1, -0.05) is 15.9 Å². The molecule has 2 heterocycles. The van der Waals surface area contributed by atoms with Crippen molar-refractivity contribution in [2.75, 3.05) is 36.0 Å². The Morgan fingerprint density at radius 3 is 1.75 bits per heavy atom. The molecule has 1 fully saturated rings. The van der Waals surface area contributed by atoms with Crippen LogP contribution in [0, 0.1) is 0 Å². The maximum Gasteiger partial charge on any atom is 0.350 e. The molecule has 3 aromatic rings. The minimum atomic E-state index is -0.106. The van der Waals surface area contributed by atoms with E-state index in [-0.39, 0.29) is 11.7 Å². The highest BCUT2D eigenvalue weighted by atomic mass is 79.9. The van der Waals surface area contributed by atoms with E-state index in [0.29, 0.717) is 0 Å². The number of rotatable bonds is 4. The van der Waals surface area contributed by atoms with Crippen LogP contribution in [0.1, 0.15) is 19.9 Å². The average molecular weight is 442 g/mol. The van der Waals surface area contributed by atoms with Crippen LogP contribution in [0.4, 0.5) is 11.4 Å². The van der Waals surface area contributed by atoms with Crippen LogP contribution in [-0.2, 0) is 0 Å². The first-order valence-electron chi connectivity index (χ1n) is 9.55. The van der Waals surface area contributed by atoms with Crippen LogP contribution in [0.15, 0.2) is 64.1 Å². The number of benzene rings is 2. The van der Waals surface area contributed by atoms with Crippen molar-refractivity contribution in [1.82, 2.24) is 14.3 Å². The van der Waals surface area contributed by atoms with E-state index in [1.807, 2.05) is 26.0 Å². The standard InChI is InChI=1S/C21H24BrN5O/c1-16(2)27-21(28)26(15-23-27)20-9-7-19(8-10-20)25-13-11-24(12-14-25)18-5-3-17(22)4-6-18/h3-10,15-16H,11-14H2,1-2H3. The summed E-state index contributed by atoms with van der Waals surface area (Å²) in [6, 6.07) is 16.7. The van der Waals surface area contributed by atoms with Gasteiger partial charge in [0.15, 0.2) is 0 Å². The zero-order valence-electron chi connectivity index (χ0n) is 16.1. The van der Waals surface area contributed by atoms with Crippen LogP contribution in [0.25, 0.3) is 5.69 Å². The van der Waals surface area contributed by atoms with E-state index in [0.717, 1.165) is 36.3 Å². The second kappa shape index (κ2) is 7.83. The van der Waals surface area contributed by atoms with Gasteiger partial charge in [0.1, 0.15) is 6.33 Å². The van der Waals surface area contributed by atoms with Gasteiger partial charge in [-0.05, 0) is 62.4 Å². The van der Waals surface area contributed by atoms with Crippen molar-refractivity contribution < 1.29 is 0 Å². The van der Waals surface area contributed by atoms with Crippen molar-refractivity contribution in [2.45, 2.75) is 19.9 Å². The molecule has 2 aromatic carbocycles. The maximum atomic E-state index is 12.4. The van der Waals surface area contributed by atoms with E-state index in [2.05, 4.69) is 67.2 Å². The number of hydrogen-bond donors (Lipinski definition) is 0. The fourth-order valence-corrected chi connectivity index (χ4v) is 3.81. The molecule has 0 unspecified atom stereocenters. The number of piperazine rings is 1. The van der Waals surface area contributed by atoms with Crippen molar-refractivity contribution >= 4 is 27.3 Å². The molecular formula is C21H24BrN5O. The van der Waals surface area contributed by atoms with Crippen LogP contribution in [-0.4, -0.2) is 40.5 Å². The van der Waals surface area contributed by atoms with E-state index in [1.54, 1.807) is 10.9 Å². The Morgan fingerprint density at radius 1 is 0.821 bits per heavy atom. The third kappa shape index (κ3) is 3.71. The quantitative estimate of drug-likeness (QED) is 0.618. The molecule has 1 aliphatic heterocycles. The summed E-state index contributed by atoms with van der Waals surface area (Å²) in [4.78, 5) is 17.2. The lowest BCUT2D eigenvalue weighted by molar-refractivity contribution is 0.511. The van der Waals surface area contributed by atoms with Gasteiger partial charge in [-0.15, -0.1) is 0 Å². The van der Waals surface area contributed by atoms with Crippen molar-refractivity contribution in [3.63, 3.8) is 0 Å². The lowest BCUT2D eigenvalue weighted by Crippen LogP contribution is -2.46. The zero-order valence-corrected chi connectivity index (χ0v) is 17.7. The Labute approximate surface area is 173 Å². The average Bonchev–Trinajstić information content (AvgIpc) is 3.10.